The van der Waals surface area contributed by atoms with E-state index in [1.165, 1.54) is 25.7 Å². The minimum atomic E-state index is 0.0812. The molecule has 0 atom stereocenters. The van der Waals surface area contributed by atoms with Gasteiger partial charge >= 0.3 is 0 Å². The molecule has 0 N–H and O–H groups in total. The van der Waals surface area contributed by atoms with Gasteiger partial charge in [0.25, 0.3) is 0 Å². The highest BCUT2D eigenvalue weighted by atomic mass is 16.1. The van der Waals surface area contributed by atoms with E-state index in [-0.39, 0.29) is 11.7 Å². The number of carbonyl (C=O) groups excluding carboxylic acids is 1. The van der Waals surface area contributed by atoms with Crippen LogP contribution in [0.1, 0.15) is 81.4 Å². The van der Waals surface area contributed by atoms with E-state index in [1.54, 1.807) is 4.68 Å². The van der Waals surface area contributed by atoms with Crippen molar-refractivity contribution in [2.75, 3.05) is 0 Å². The normalized spacial score (nSPS) is 11.2. The zero-order chi connectivity index (χ0) is 18.1. The third-order valence-electron chi connectivity index (χ3n) is 4.81. The average Bonchev–Trinajstić information content (AvgIpc) is 3.02. The summed E-state index contributed by atoms with van der Waals surface area (Å²) >= 11 is 0. The third-order valence-corrected chi connectivity index (χ3v) is 4.81. The van der Waals surface area contributed by atoms with E-state index in [1.807, 2.05) is 37.3 Å². The first kappa shape index (κ1) is 19.4. The molecule has 25 heavy (non-hydrogen) atoms. The Hall–Kier alpha value is -1.97. The maximum atomic E-state index is 13.1. The van der Waals surface area contributed by atoms with Crippen LogP contribution in [0.4, 0.5) is 0 Å². The Morgan fingerprint density at radius 2 is 1.60 bits per heavy atom. The second-order valence-corrected chi connectivity index (χ2v) is 6.82. The first-order valence-electron chi connectivity index (χ1n) is 9.71. The summed E-state index contributed by atoms with van der Waals surface area (Å²) in [6.45, 7) is 6.34. The molecular formula is C21H31N3O. The highest BCUT2D eigenvalue weighted by molar-refractivity contribution is 5.97. The Labute approximate surface area is 151 Å². The first-order valence-corrected chi connectivity index (χ1v) is 9.71. The molecule has 1 aromatic carbocycles. The van der Waals surface area contributed by atoms with E-state index in [4.69, 9.17) is 0 Å². The number of carbonyl (C=O) groups is 1. The fourth-order valence-electron chi connectivity index (χ4n) is 3.25. The van der Waals surface area contributed by atoms with E-state index < -0.39 is 0 Å². The van der Waals surface area contributed by atoms with Crippen LogP contribution < -0.4 is 0 Å². The minimum Gasteiger partial charge on any atom is -0.292 e. The Balaban J connectivity index is 2.15. The molecule has 4 nitrogen and oxygen atoms in total. The maximum Gasteiger partial charge on any atom is 0.188 e. The Morgan fingerprint density at radius 1 is 1.00 bits per heavy atom. The highest BCUT2D eigenvalue weighted by Crippen LogP contribution is 2.23. The molecule has 2 rings (SSSR count). The Kier molecular flexibility index (Phi) is 7.83. The van der Waals surface area contributed by atoms with Crippen LogP contribution >= 0.6 is 0 Å². The van der Waals surface area contributed by atoms with Gasteiger partial charge in [0.15, 0.2) is 11.5 Å². The van der Waals surface area contributed by atoms with Crippen LogP contribution in [-0.4, -0.2) is 20.8 Å². The third kappa shape index (κ3) is 5.25. The smallest absolute Gasteiger partial charge is 0.188 e. The largest absolute Gasteiger partial charge is 0.292 e. The number of Topliss-reactive ketones (excluding diaryl/α,β-unsaturated/α-hetero) is 1. The van der Waals surface area contributed by atoms with Crippen molar-refractivity contribution in [3.63, 3.8) is 0 Å². The van der Waals surface area contributed by atoms with Gasteiger partial charge in [-0.25, -0.2) is 4.68 Å². The molecule has 1 aromatic heterocycles. The number of nitrogens with zero attached hydrogens (tertiary/aromatic N) is 3. The van der Waals surface area contributed by atoms with Crippen molar-refractivity contribution in [2.24, 2.45) is 5.92 Å². The molecule has 0 saturated carbocycles. The molecule has 0 spiro atoms. The summed E-state index contributed by atoms with van der Waals surface area (Å²) in [6.07, 6.45) is 8.90. The van der Waals surface area contributed by atoms with E-state index in [0.717, 1.165) is 37.1 Å². The number of aromatic nitrogens is 3. The summed E-state index contributed by atoms with van der Waals surface area (Å²) < 4.78 is 1.77. The van der Waals surface area contributed by atoms with E-state index in [2.05, 4.69) is 24.2 Å². The molecule has 0 saturated heterocycles. The van der Waals surface area contributed by atoms with Crippen LogP contribution in [0.5, 0.6) is 0 Å². The summed E-state index contributed by atoms with van der Waals surface area (Å²) in [5.41, 5.74) is 2.33. The van der Waals surface area contributed by atoms with Gasteiger partial charge in [-0.2, -0.15) is 0 Å². The number of hydrogen-bond donors (Lipinski definition) is 0. The summed E-state index contributed by atoms with van der Waals surface area (Å²) in [4.78, 5) is 13.1. The lowest BCUT2D eigenvalue weighted by Gasteiger charge is -2.15. The summed E-state index contributed by atoms with van der Waals surface area (Å²) in [7, 11) is 0. The van der Waals surface area contributed by atoms with Gasteiger partial charge in [-0.15, -0.1) is 5.10 Å². The van der Waals surface area contributed by atoms with E-state index in [9.17, 15) is 4.79 Å². The van der Waals surface area contributed by atoms with Gasteiger partial charge in [-0.3, -0.25) is 4.79 Å². The lowest BCUT2D eigenvalue weighted by molar-refractivity contribution is 0.0896. The van der Waals surface area contributed by atoms with E-state index in [0.29, 0.717) is 5.69 Å². The average molecular weight is 341 g/mol. The second kappa shape index (κ2) is 10.1. The fourth-order valence-corrected chi connectivity index (χ4v) is 3.25. The van der Waals surface area contributed by atoms with Crippen LogP contribution in [0.15, 0.2) is 30.3 Å². The number of ketones is 1. The quantitative estimate of drug-likeness (QED) is 0.398. The van der Waals surface area contributed by atoms with Gasteiger partial charge in [-0.05, 0) is 31.9 Å². The number of para-hydroxylation sites is 1. The Bertz CT molecular complexity index is 638. The topological polar surface area (TPSA) is 47.8 Å². The molecule has 0 aliphatic rings. The molecule has 0 bridgehead atoms. The molecule has 2 aromatic rings. The predicted octanol–water partition coefficient (Wildman–Crippen LogP) is 5.54. The first-order chi connectivity index (χ1) is 12.2. The van der Waals surface area contributed by atoms with Crippen LogP contribution in [0, 0.1) is 12.8 Å². The zero-order valence-corrected chi connectivity index (χ0v) is 15.9. The lowest BCUT2D eigenvalue weighted by Crippen LogP contribution is -2.17. The summed E-state index contributed by atoms with van der Waals surface area (Å²) in [5.74, 6) is 0.254. The van der Waals surface area contributed by atoms with Gasteiger partial charge in [-0.1, -0.05) is 75.8 Å². The van der Waals surface area contributed by atoms with Crippen molar-refractivity contribution < 1.29 is 4.79 Å². The molecule has 0 aliphatic heterocycles. The van der Waals surface area contributed by atoms with Crippen molar-refractivity contribution in [2.45, 2.75) is 72.1 Å². The van der Waals surface area contributed by atoms with Crippen molar-refractivity contribution in [1.29, 1.82) is 0 Å². The van der Waals surface area contributed by atoms with Crippen molar-refractivity contribution in [1.82, 2.24) is 15.0 Å². The van der Waals surface area contributed by atoms with Gasteiger partial charge in [0.2, 0.25) is 0 Å². The summed E-state index contributed by atoms with van der Waals surface area (Å²) in [6, 6.07) is 9.87. The van der Waals surface area contributed by atoms with Crippen LogP contribution in [0.3, 0.4) is 0 Å². The molecule has 0 aliphatic carbocycles. The monoisotopic (exact) mass is 341 g/mol. The van der Waals surface area contributed by atoms with Crippen LogP contribution in [-0.2, 0) is 0 Å². The van der Waals surface area contributed by atoms with E-state index >= 15 is 0 Å². The number of benzene rings is 1. The van der Waals surface area contributed by atoms with Crippen molar-refractivity contribution >= 4 is 5.78 Å². The highest BCUT2D eigenvalue weighted by Gasteiger charge is 2.25. The number of rotatable bonds is 11. The predicted molar refractivity (Wildman–Crippen MR) is 102 cm³/mol. The standard InChI is InChI=1S/C21H31N3O/c1-4-6-9-13-18(14-10-7-5-2)21(25)20-17(3)24(23-22-20)19-15-11-8-12-16-19/h8,11-12,15-16,18H,4-7,9-10,13-14H2,1-3H3. The molecule has 0 fully saturated rings. The molecule has 1 heterocycles. The molecule has 0 amide bonds. The molecule has 0 unspecified atom stereocenters. The molecule has 0 radical (unpaired) electrons. The maximum absolute atomic E-state index is 13.1. The van der Waals surface area contributed by atoms with Gasteiger partial charge in [0.1, 0.15) is 0 Å². The zero-order valence-electron chi connectivity index (χ0n) is 15.9. The molecule has 136 valence electrons. The van der Waals surface area contributed by atoms with Crippen molar-refractivity contribution in [3.8, 4) is 5.69 Å². The van der Waals surface area contributed by atoms with Gasteiger partial charge in [0.05, 0.1) is 11.4 Å². The van der Waals surface area contributed by atoms with Gasteiger partial charge < -0.3 is 0 Å². The molecular weight excluding hydrogens is 310 g/mol. The summed E-state index contributed by atoms with van der Waals surface area (Å²) in [5, 5.41) is 8.46. The molecule has 4 heteroatoms. The fraction of sp³-hybridized carbons (Fsp3) is 0.571. The van der Waals surface area contributed by atoms with Crippen LogP contribution in [0.25, 0.3) is 5.69 Å². The SMILES string of the molecule is CCCCCC(CCCCC)C(=O)c1nnn(-c2ccccc2)c1C. The number of hydrogen-bond acceptors (Lipinski definition) is 3. The Morgan fingerprint density at radius 3 is 2.16 bits per heavy atom. The number of unbranched alkanes of at least 4 members (excludes halogenated alkanes) is 4. The van der Waals surface area contributed by atoms with Gasteiger partial charge in [0, 0.05) is 5.92 Å². The van der Waals surface area contributed by atoms with Crippen molar-refractivity contribution in [3.05, 3.63) is 41.7 Å². The second-order valence-electron chi connectivity index (χ2n) is 6.82. The van der Waals surface area contributed by atoms with Crippen LogP contribution in [0.2, 0.25) is 0 Å². The lowest BCUT2D eigenvalue weighted by atomic mass is 9.89. The minimum absolute atomic E-state index is 0.0812.